The molecule has 3 nitrogen and oxygen atoms in total. The molecule has 1 saturated carbocycles. The van der Waals surface area contributed by atoms with Crippen molar-refractivity contribution in [3.8, 4) is 5.75 Å². The van der Waals surface area contributed by atoms with Crippen molar-refractivity contribution in [2.45, 2.75) is 63.5 Å². The van der Waals surface area contributed by atoms with Gasteiger partial charge < -0.3 is 15.2 Å². The SMILES string of the molecule is CCNC1CCCc2cc(OCC3(O)CCCC3)ccc21. The predicted molar refractivity (Wildman–Crippen MR) is 84.7 cm³/mol. The van der Waals surface area contributed by atoms with Crippen molar-refractivity contribution in [2.75, 3.05) is 13.2 Å². The molecular weight excluding hydrogens is 262 g/mol. The Morgan fingerprint density at radius 1 is 1.29 bits per heavy atom. The van der Waals surface area contributed by atoms with Gasteiger partial charge in [0.1, 0.15) is 12.4 Å². The molecule has 1 aromatic rings. The van der Waals surface area contributed by atoms with E-state index in [9.17, 15) is 5.11 Å². The van der Waals surface area contributed by atoms with Crippen LogP contribution in [-0.4, -0.2) is 23.9 Å². The van der Waals surface area contributed by atoms with Crippen molar-refractivity contribution in [3.63, 3.8) is 0 Å². The lowest BCUT2D eigenvalue weighted by Gasteiger charge is -2.27. The van der Waals surface area contributed by atoms with Gasteiger partial charge in [-0.1, -0.05) is 25.8 Å². The fourth-order valence-corrected chi connectivity index (χ4v) is 3.73. The molecule has 2 aliphatic rings. The molecule has 2 N–H and O–H groups in total. The second-order valence-electron chi connectivity index (χ2n) is 6.58. The largest absolute Gasteiger partial charge is 0.491 e. The molecule has 0 spiro atoms. The Hall–Kier alpha value is -1.06. The van der Waals surface area contributed by atoms with Crippen molar-refractivity contribution in [1.29, 1.82) is 0 Å². The number of aryl methyl sites for hydroxylation is 1. The quantitative estimate of drug-likeness (QED) is 0.873. The number of fused-ring (bicyclic) bond motifs is 1. The van der Waals surface area contributed by atoms with E-state index in [2.05, 4.69) is 30.4 Å². The number of rotatable bonds is 5. The standard InChI is InChI=1S/C18H27NO2/c1-2-19-17-7-5-6-14-12-15(8-9-16(14)17)21-13-18(20)10-3-4-11-18/h8-9,12,17,19-20H,2-7,10-11,13H2,1H3. The van der Waals surface area contributed by atoms with Gasteiger partial charge in [0.2, 0.25) is 0 Å². The summed E-state index contributed by atoms with van der Waals surface area (Å²) in [7, 11) is 0. The lowest BCUT2D eigenvalue weighted by molar-refractivity contribution is 0.00137. The van der Waals surface area contributed by atoms with Gasteiger partial charge in [-0.25, -0.2) is 0 Å². The third-order valence-electron chi connectivity index (χ3n) is 4.92. The molecule has 1 atom stereocenters. The smallest absolute Gasteiger partial charge is 0.119 e. The highest BCUT2D eigenvalue weighted by Gasteiger charge is 2.32. The van der Waals surface area contributed by atoms with Crippen LogP contribution in [0.5, 0.6) is 5.75 Å². The van der Waals surface area contributed by atoms with Crippen molar-refractivity contribution >= 4 is 0 Å². The zero-order chi connectivity index (χ0) is 14.7. The van der Waals surface area contributed by atoms with E-state index in [1.165, 1.54) is 24.0 Å². The summed E-state index contributed by atoms with van der Waals surface area (Å²) in [6, 6.07) is 6.94. The average Bonchev–Trinajstić information content (AvgIpc) is 2.93. The van der Waals surface area contributed by atoms with Crippen LogP contribution in [0.25, 0.3) is 0 Å². The molecule has 1 fully saturated rings. The van der Waals surface area contributed by atoms with Gasteiger partial charge in [0, 0.05) is 6.04 Å². The first-order valence-corrected chi connectivity index (χ1v) is 8.41. The van der Waals surface area contributed by atoms with Crippen LogP contribution in [-0.2, 0) is 6.42 Å². The summed E-state index contributed by atoms with van der Waals surface area (Å²) in [4.78, 5) is 0. The fraction of sp³-hybridized carbons (Fsp3) is 0.667. The molecule has 2 aliphatic carbocycles. The van der Waals surface area contributed by atoms with Crippen LogP contribution in [0.4, 0.5) is 0 Å². The van der Waals surface area contributed by atoms with Gasteiger partial charge in [-0.05, 0) is 61.9 Å². The lowest BCUT2D eigenvalue weighted by atomic mass is 9.87. The van der Waals surface area contributed by atoms with Crippen LogP contribution < -0.4 is 10.1 Å². The molecule has 21 heavy (non-hydrogen) atoms. The van der Waals surface area contributed by atoms with Gasteiger partial charge in [0.25, 0.3) is 0 Å². The number of aliphatic hydroxyl groups is 1. The van der Waals surface area contributed by atoms with Crippen LogP contribution in [0.2, 0.25) is 0 Å². The third kappa shape index (κ3) is 3.41. The topological polar surface area (TPSA) is 41.5 Å². The highest BCUT2D eigenvalue weighted by atomic mass is 16.5. The Labute approximate surface area is 127 Å². The summed E-state index contributed by atoms with van der Waals surface area (Å²) >= 11 is 0. The van der Waals surface area contributed by atoms with E-state index in [1.807, 2.05) is 0 Å². The highest BCUT2D eigenvalue weighted by Crippen LogP contribution is 2.33. The lowest BCUT2D eigenvalue weighted by Crippen LogP contribution is -2.32. The molecule has 3 heteroatoms. The van der Waals surface area contributed by atoms with Crippen molar-refractivity contribution in [3.05, 3.63) is 29.3 Å². The van der Waals surface area contributed by atoms with E-state index < -0.39 is 5.60 Å². The van der Waals surface area contributed by atoms with E-state index in [0.29, 0.717) is 12.6 Å². The van der Waals surface area contributed by atoms with Crippen molar-refractivity contribution in [1.82, 2.24) is 5.32 Å². The molecule has 0 saturated heterocycles. The summed E-state index contributed by atoms with van der Waals surface area (Å²) in [6.07, 6.45) is 7.58. The number of benzene rings is 1. The Morgan fingerprint density at radius 2 is 2.10 bits per heavy atom. The number of nitrogens with one attached hydrogen (secondary N) is 1. The first-order valence-electron chi connectivity index (χ1n) is 8.41. The van der Waals surface area contributed by atoms with Crippen LogP contribution in [0.15, 0.2) is 18.2 Å². The second-order valence-corrected chi connectivity index (χ2v) is 6.58. The molecule has 1 aromatic carbocycles. The Balaban J connectivity index is 1.68. The number of ether oxygens (including phenoxy) is 1. The number of hydrogen-bond donors (Lipinski definition) is 2. The molecule has 0 heterocycles. The molecule has 0 aliphatic heterocycles. The summed E-state index contributed by atoms with van der Waals surface area (Å²) in [5.41, 5.74) is 2.24. The summed E-state index contributed by atoms with van der Waals surface area (Å²) in [5.74, 6) is 0.909. The highest BCUT2D eigenvalue weighted by molar-refractivity contribution is 5.39. The third-order valence-corrected chi connectivity index (χ3v) is 4.92. The van der Waals surface area contributed by atoms with Gasteiger partial charge in [-0.15, -0.1) is 0 Å². The molecule has 3 rings (SSSR count). The van der Waals surface area contributed by atoms with E-state index in [0.717, 1.165) is 44.4 Å². The fourth-order valence-electron chi connectivity index (χ4n) is 3.73. The van der Waals surface area contributed by atoms with Gasteiger partial charge in [-0.2, -0.15) is 0 Å². The number of hydrogen-bond acceptors (Lipinski definition) is 3. The normalized spacial score (nSPS) is 23.8. The monoisotopic (exact) mass is 289 g/mol. The maximum Gasteiger partial charge on any atom is 0.119 e. The predicted octanol–water partition coefficient (Wildman–Crippen LogP) is 3.36. The summed E-state index contributed by atoms with van der Waals surface area (Å²) in [5, 5.41) is 13.9. The van der Waals surface area contributed by atoms with Gasteiger partial charge in [0.05, 0.1) is 5.60 Å². The minimum atomic E-state index is -0.595. The Morgan fingerprint density at radius 3 is 2.86 bits per heavy atom. The zero-order valence-electron chi connectivity index (χ0n) is 13.0. The molecule has 0 bridgehead atoms. The van der Waals surface area contributed by atoms with E-state index in [1.54, 1.807) is 0 Å². The van der Waals surface area contributed by atoms with Crippen LogP contribution in [0.3, 0.4) is 0 Å². The van der Waals surface area contributed by atoms with Crippen molar-refractivity contribution in [2.24, 2.45) is 0 Å². The van der Waals surface area contributed by atoms with Crippen LogP contribution in [0.1, 0.15) is 62.6 Å². The minimum Gasteiger partial charge on any atom is -0.491 e. The minimum absolute atomic E-state index is 0.433. The molecule has 116 valence electrons. The van der Waals surface area contributed by atoms with E-state index >= 15 is 0 Å². The second kappa shape index (κ2) is 6.37. The van der Waals surface area contributed by atoms with Crippen LogP contribution >= 0.6 is 0 Å². The van der Waals surface area contributed by atoms with Gasteiger partial charge >= 0.3 is 0 Å². The molecule has 0 radical (unpaired) electrons. The molecular formula is C18H27NO2. The first-order chi connectivity index (χ1) is 10.2. The van der Waals surface area contributed by atoms with E-state index in [4.69, 9.17) is 4.74 Å². The zero-order valence-corrected chi connectivity index (χ0v) is 13.0. The van der Waals surface area contributed by atoms with Gasteiger partial charge in [0.15, 0.2) is 0 Å². The summed E-state index contributed by atoms with van der Waals surface area (Å²) < 4.78 is 5.88. The molecule has 0 amide bonds. The molecule has 0 aromatic heterocycles. The Kier molecular flexibility index (Phi) is 4.51. The first kappa shape index (κ1) is 14.9. The van der Waals surface area contributed by atoms with Gasteiger partial charge in [-0.3, -0.25) is 0 Å². The maximum absolute atomic E-state index is 10.4. The van der Waals surface area contributed by atoms with E-state index in [-0.39, 0.29) is 0 Å². The maximum atomic E-state index is 10.4. The Bertz CT molecular complexity index is 480. The average molecular weight is 289 g/mol. The van der Waals surface area contributed by atoms with Crippen molar-refractivity contribution < 1.29 is 9.84 Å². The summed E-state index contributed by atoms with van der Waals surface area (Å²) in [6.45, 7) is 3.60. The van der Waals surface area contributed by atoms with Crippen LogP contribution in [0, 0.1) is 0 Å². The molecule has 1 unspecified atom stereocenters.